The molecular weight excluding hydrogens is 324 g/mol. The van der Waals surface area contributed by atoms with E-state index >= 15 is 0 Å². The third-order valence-electron chi connectivity index (χ3n) is 3.07. The number of sulfonamides is 1. The summed E-state index contributed by atoms with van der Waals surface area (Å²) in [6.07, 6.45) is 0.702. The first-order valence-corrected chi connectivity index (χ1v) is 9.99. The van der Waals surface area contributed by atoms with Crippen LogP contribution in [-0.2, 0) is 23.0 Å². The van der Waals surface area contributed by atoms with Gasteiger partial charge in [0.1, 0.15) is 4.90 Å². The van der Waals surface area contributed by atoms with Crippen molar-refractivity contribution in [3.05, 3.63) is 38.2 Å². The topological polar surface area (TPSA) is 58.2 Å². The van der Waals surface area contributed by atoms with E-state index in [2.05, 4.69) is 10.0 Å². The first-order chi connectivity index (χ1) is 9.94. The lowest BCUT2D eigenvalue weighted by Gasteiger charge is -2.15. The minimum absolute atomic E-state index is 0.133. The lowest BCUT2D eigenvalue weighted by Crippen LogP contribution is -2.34. The fourth-order valence-electron chi connectivity index (χ4n) is 2.26. The van der Waals surface area contributed by atoms with Crippen LogP contribution in [0, 0.1) is 6.92 Å². The summed E-state index contributed by atoms with van der Waals surface area (Å²) in [4.78, 5) is 1.28. The molecule has 0 fully saturated rings. The highest BCUT2D eigenvalue weighted by atomic mass is 32.2. The molecule has 1 unspecified atom stereocenters. The number of hydrogen-bond acceptors (Lipinski definition) is 5. The molecule has 0 saturated heterocycles. The molecule has 1 atom stereocenters. The quantitative estimate of drug-likeness (QED) is 0.812. The van der Waals surface area contributed by atoms with Crippen molar-refractivity contribution < 1.29 is 8.42 Å². The van der Waals surface area contributed by atoms with Crippen molar-refractivity contribution in [3.63, 3.8) is 0 Å². The highest BCUT2D eigenvalue weighted by Crippen LogP contribution is 2.27. The molecule has 7 heteroatoms. The van der Waals surface area contributed by atoms with E-state index in [1.807, 2.05) is 43.1 Å². The van der Waals surface area contributed by atoms with Gasteiger partial charge in [-0.15, -0.1) is 11.3 Å². The Morgan fingerprint density at radius 1 is 1.33 bits per heavy atom. The van der Waals surface area contributed by atoms with Gasteiger partial charge in [0.25, 0.3) is 0 Å². The maximum Gasteiger partial charge on any atom is 0.242 e. The molecule has 2 N–H and O–H groups in total. The van der Waals surface area contributed by atoms with E-state index in [0.717, 1.165) is 16.0 Å². The molecule has 0 saturated carbocycles. The Balaban J connectivity index is 2.16. The molecule has 0 aliphatic rings. The maximum atomic E-state index is 12.6. The second-order valence-corrected chi connectivity index (χ2v) is 8.45. The minimum atomic E-state index is -3.48. The molecule has 0 aliphatic carbocycles. The third-order valence-corrected chi connectivity index (χ3v) is 6.86. The summed E-state index contributed by atoms with van der Waals surface area (Å²) in [5, 5.41) is 8.97. The minimum Gasteiger partial charge on any atom is -0.315 e. The van der Waals surface area contributed by atoms with Gasteiger partial charge in [0.2, 0.25) is 10.0 Å². The highest BCUT2D eigenvalue weighted by Gasteiger charge is 2.24. The number of thiophene rings is 2. The van der Waals surface area contributed by atoms with Crippen molar-refractivity contribution in [2.24, 2.45) is 0 Å². The van der Waals surface area contributed by atoms with Gasteiger partial charge in [-0.1, -0.05) is 0 Å². The lowest BCUT2D eigenvalue weighted by atomic mass is 10.1. The molecule has 21 heavy (non-hydrogen) atoms. The molecule has 2 rings (SSSR count). The van der Waals surface area contributed by atoms with Crippen molar-refractivity contribution >= 4 is 32.7 Å². The zero-order valence-electron chi connectivity index (χ0n) is 12.3. The number of rotatable bonds is 7. The average molecular weight is 345 g/mol. The first kappa shape index (κ1) is 16.6. The molecule has 2 aromatic rings. The van der Waals surface area contributed by atoms with Crippen molar-refractivity contribution in [2.75, 3.05) is 7.05 Å². The predicted molar refractivity (Wildman–Crippen MR) is 89.6 cm³/mol. The Morgan fingerprint density at radius 3 is 2.71 bits per heavy atom. The van der Waals surface area contributed by atoms with E-state index in [1.165, 1.54) is 11.3 Å². The lowest BCUT2D eigenvalue weighted by molar-refractivity contribution is 0.558. The Labute approximate surface area is 134 Å². The Morgan fingerprint density at radius 2 is 2.10 bits per heavy atom. The van der Waals surface area contributed by atoms with Gasteiger partial charge in [0, 0.05) is 17.5 Å². The van der Waals surface area contributed by atoms with E-state index in [0.29, 0.717) is 17.9 Å². The molecule has 0 aromatic carbocycles. The van der Waals surface area contributed by atoms with Gasteiger partial charge in [-0.25, -0.2) is 13.1 Å². The van der Waals surface area contributed by atoms with Crippen molar-refractivity contribution in [3.8, 4) is 0 Å². The van der Waals surface area contributed by atoms with Crippen LogP contribution >= 0.6 is 22.7 Å². The van der Waals surface area contributed by atoms with Gasteiger partial charge >= 0.3 is 0 Å². The highest BCUT2D eigenvalue weighted by molar-refractivity contribution is 7.89. The van der Waals surface area contributed by atoms with Gasteiger partial charge in [0.05, 0.1) is 0 Å². The molecular formula is C14H20N2O2S3. The van der Waals surface area contributed by atoms with Crippen LogP contribution in [0.15, 0.2) is 27.1 Å². The summed E-state index contributed by atoms with van der Waals surface area (Å²) in [5.41, 5.74) is 1.97. The normalized spacial score (nSPS) is 13.5. The molecule has 0 aliphatic heterocycles. The van der Waals surface area contributed by atoms with Crippen molar-refractivity contribution in [1.82, 2.24) is 10.0 Å². The van der Waals surface area contributed by atoms with Crippen LogP contribution in [0.3, 0.4) is 0 Å². The molecule has 0 amide bonds. The molecule has 116 valence electrons. The Bertz CT molecular complexity index is 675. The molecule has 4 nitrogen and oxygen atoms in total. The van der Waals surface area contributed by atoms with Crippen LogP contribution < -0.4 is 10.0 Å². The molecule has 0 bridgehead atoms. The van der Waals surface area contributed by atoms with Gasteiger partial charge in [-0.3, -0.25) is 0 Å². The van der Waals surface area contributed by atoms with Crippen LogP contribution in [0.25, 0.3) is 0 Å². The summed E-state index contributed by atoms with van der Waals surface area (Å²) in [6.45, 7) is 4.30. The van der Waals surface area contributed by atoms with Gasteiger partial charge in [-0.05, 0) is 60.6 Å². The van der Waals surface area contributed by atoms with Gasteiger partial charge < -0.3 is 5.32 Å². The van der Waals surface area contributed by atoms with Crippen LogP contribution in [-0.4, -0.2) is 21.5 Å². The van der Waals surface area contributed by atoms with Crippen LogP contribution in [0.1, 0.15) is 22.9 Å². The molecule has 0 spiro atoms. The molecule has 2 heterocycles. The summed E-state index contributed by atoms with van der Waals surface area (Å²) in [6, 6.07) is 1.89. The SMILES string of the molecule is CNCc1scc(C)c1S(=O)(=O)NC(C)Cc1ccsc1. The standard InChI is InChI=1S/C14H20N2O2S3/c1-10-8-20-13(7-15-3)14(10)21(17,18)16-11(2)6-12-4-5-19-9-12/h4-5,8-9,11,15-16H,6-7H2,1-3H3. The Hall–Kier alpha value is -0.730. The second-order valence-electron chi connectivity index (χ2n) is 5.06. The zero-order chi connectivity index (χ0) is 15.5. The van der Waals surface area contributed by atoms with Crippen LogP contribution in [0.4, 0.5) is 0 Å². The summed E-state index contributed by atoms with van der Waals surface area (Å²) >= 11 is 3.11. The molecule has 0 radical (unpaired) electrons. The summed E-state index contributed by atoms with van der Waals surface area (Å²) in [7, 11) is -1.66. The number of nitrogens with one attached hydrogen (secondary N) is 2. The molecule has 2 aromatic heterocycles. The van der Waals surface area contributed by atoms with E-state index in [9.17, 15) is 8.42 Å². The predicted octanol–water partition coefficient (Wildman–Crippen LogP) is 2.75. The van der Waals surface area contributed by atoms with Crippen LogP contribution in [0.2, 0.25) is 0 Å². The summed E-state index contributed by atoms with van der Waals surface area (Å²) in [5.74, 6) is 0. The van der Waals surface area contributed by atoms with E-state index in [4.69, 9.17) is 0 Å². The van der Waals surface area contributed by atoms with Gasteiger partial charge in [-0.2, -0.15) is 11.3 Å². The number of hydrogen-bond donors (Lipinski definition) is 2. The largest absolute Gasteiger partial charge is 0.315 e. The second kappa shape index (κ2) is 7.02. The van der Waals surface area contributed by atoms with E-state index in [-0.39, 0.29) is 6.04 Å². The third kappa shape index (κ3) is 4.14. The van der Waals surface area contributed by atoms with Gasteiger partial charge in [0.15, 0.2) is 0 Å². The summed E-state index contributed by atoms with van der Waals surface area (Å²) < 4.78 is 28.0. The monoisotopic (exact) mass is 344 g/mol. The fraction of sp³-hybridized carbons (Fsp3) is 0.429. The first-order valence-electron chi connectivity index (χ1n) is 6.69. The van der Waals surface area contributed by atoms with Crippen molar-refractivity contribution in [2.45, 2.75) is 37.8 Å². The van der Waals surface area contributed by atoms with E-state index in [1.54, 1.807) is 11.3 Å². The zero-order valence-corrected chi connectivity index (χ0v) is 14.8. The Kier molecular flexibility index (Phi) is 5.56. The smallest absolute Gasteiger partial charge is 0.242 e. The average Bonchev–Trinajstić information content (AvgIpc) is 2.99. The van der Waals surface area contributed by atoms with Crippen LogP contribution in [0.5, 0.6) is 0 Å². The fourth-order valence-corrected chi connectivity index (χ4v) is 6.01. The number of aryl methyl sites for hydroxylation is 1. The van der Waals surface area contributed by atoms with Crippen molar-refractivity contribution in [1.29, 1.82) is 0 Å². The maximum absolute atomic E-state index is 12.6. The van der Waals surface area contributed by atoms with E-state index < -0.39 is 10.0 Å².